The molecule has 0 aliphatic rings. The number of H-pyrrole nitrogens is 1. The number of carbonyl (C=O) groups is 1. The van der Waals surface area contributed by atoms with Gasteiger partial charge in [-0.05, 0) is 46.0 Å². The fraction of sp³-hybridized carbons (Fsp3) is 0.167. The number of amides is 1. The average Bonchev–Trinajstić information content (AvgIpc) is 3.26. The summed E-state index contributed by atoms with van der Waals surface area (Å²) in [7, 11) is 0. The minimum Gasteiger partial charge on any atom is -0.339 e. The van der Waals surface area contributed by atoms with Gasteiger partial charge in [-0.3, -0.25) is 9.59 Å². The van der Waals surface area contributed by atoms with Crippen molar-refractivity contribution >= 4 is 28.0 Å². The van der Waals surface area contributed by atoms with Crippen molar-refractivity contribution in [2.45, 2.75) is 25.8 Å². The number of aromatic nitrogens is 1. The smallest absolute Gasteiger partial charge is 0.268 e. The number of thiophene rings is 1. The molecule has 0 aliphatic carbocycles. The zero-order valence-electron chi connectivity index (χ0n) is 16.3. The highest BCUT2D eigenvalue weighted by Gasteiger charge is 2.20. The van der Waals surface area contributed by atoms with Gasteiger partial charge in [0, 0.05) is 10.3 Å². The normalized spacial score (nSPS) is 12.2. The highest BCUT2D eigenvalue weighted by atomic mass is 32.1. The van der Waals surface area contributed by atoms with E-state index in [0.29, 0.717) is 11.3 Å². The first-order valence-corrected chi connectivity index (χ1v) is 10.5. The fourth-order valence-corrected chi connectivity index (χ4v) is 4.19. The molecular weight excluding hydrogens is 380 g/mol. The number of pyridine rings is 1. The van der Waals surface area contributed by atoms with E-state index in [0.717, 1.165) is 15.8 Å². The van der Waals surface area contributed by atoms with Gasteiger partial charge in [0.1, 0.15) is 5.69 Å². The van der Waals surface area contributed by atoms with Gasteiger partial charge in [-0.25, -0.2) is 0 Å². The summed E-state index contributed by atoms with van der Waals surface area (Å²) in [6, 6.07) is 21.0. The van der Waals surface area contributed by atoms with Gasteiger partial charge in [-0.2, -0.15) is 0 Å². The van der Waals surface area contributed by atoms with Gasteiger partial charge >= 0.3 is 0 Å². The molecule has 2 aromatic heterocycles. The summed E-state index contributed by atoms with van der Waals surface area (Å²) in [6.07, 6.45) is 0. The van der Waals surface area contributed by atoms with Crippen molar-refractivity contribution in [1.82, 2.24) is 10.3 Å². The molecule has 0 aliphatic heterocycles. The molecule has 5 heteroatoms. The summed E-state index contributed by atoms with van der Waals surface area (Å²) in [4.78, 5) is 29.1. The first kappa shape index (κ1) is 19.2. The maximum atomic E-state index is 13.0. The largest absolute Gasteiger partial charge is 0.339 e. The number of benzene rings is 2. The van der Waals surface area contributed by atoms with E-state index in [2.05, 4.69) is 48.4 Å². The highest BCUT2D eigenvalue weighted by molar-refractivity contribution is 7.10. The zero-order chi connectivity index (χ0) is 20.4. The van der Waals surface area contributed by atoms with Crippen LogP contribution in [0, 0.1) is 0 Å². The van der Waals surface area contributed by atoms with Crippen LogP contribution in [-0.2, 0) is 0 Å². The molecular formula is C24H22N2O2S. The number of hydrogen-bond donors (Lipinski definition) is 2. The third-order valence-electron chi connectivity index (χ3n) is 5.04. The number of rotatable bonds is 5. The molecule has 0 bridgehead atoms. The molecule has 1 atom stereocenters. The molecule has 0 spiro atoms. The lowest BCUT2D eigenvalue weighted by molar-refractivity contribution is 0.0938. The van der Waals surface area contributed by atoms with E-state index in [1.807, 2.05) is 35.7 Å². The van der Waals surface area contributed by atoms with Crippen LogP contribution in [0.5, 0.6) is 0 Å². The van der Waals surface area contributed by atoms with Crippen molar-refractivity contribution in [1.29, 1.82) is 0 Å². The molecule has 1 amide bonds. The van der Waals surface area contributed by atoms with Crippen molar-refractivity contribution < 1.29 is 4.79 Å². The van der Waals surface area contributed by atoms with Crippen LogP contribution in [0.1, 0.15) is 52.3 Å². The lowest BCUT2D eigenvalue weighted by Crippen LogP contribution is -2.30. The Balaban J connectivity index is 1.68. The Morgan fingerprint density at radius 1 is 0.966 bits per heavy atom. The summed E-state index contributed by atoms with van der Waals surface area (Å²) in [5, 5.41) is 6.41. The zero-order valence-corrected chi connectivity index (χ0v) is 17.1. The van der Waals surface area contributed by atoms with Crippen LogP contribution >= 0.6 is 11.3 Å². The Kier molecular flexibility index (Phi) is 5.32. The van der Waals surface area contributed by atoms with Crippen LogP contribution in [0.2, 0.25) is 0 Å². The second-order valence-electron chi connectivity index (χ2n) is 7.34. The topological polar surface area (TPSA) is 62.0 Å². The fourth-order valence-electron chi connectivity index (χ4n) is 3.39. The van der Waals surface area contributed by atoms with Crippen LogP contribution in [-0.4, -0.2) is 10.9 Å². The van der Waals surface area contributed by atoms with Gasteiger partial charge in [-0.1, -0.05) is 62.4 Å². The van der Waals surface area contributed by atoms with Gasteiger partial charge in [0.25, 0.3) is 11.5 Å². The Morgan fingerprint density at radius 3 is 2.38 bits per heavy atom. The van der Waals surface area contributed by atoms with E-state index in [1.165, 1.54) is 5.56 Å². The summed E-state index contributed by atoms with van der Waals surface area (Å²) < 4.78 is 0. The lowest BCUT2D eigenvalue weighted by atomic mass is 9.98. The second kappa shape index (κ2) is 8.05. The molecule has 146 valence electrons. The number of nitrogens with one attached hydrogen (secondary N) is 2. The van der Waals surface area contributed by atoms with Gasteiger partial charge in [-0.15, -0.1) is 11.3 Å². The van der Waals surface area contributed by atoms with Crippen LogP contribution in [0.25, 0.3) is 10.8 Å². The van der Waals surface area contributed by atoms with Crippen molar-refractivity contribution in [2.24, 2.45) is 0 Å². The predicted molar refractivity (Wildman–Crippen MR) is 119 cm³/mol. The molecule has 0 radical (unpaired) electrons. The predicted octanol–water partition coefficient (Wildman–Crippen LogP) is 5.23. The Labute approximate surface area is 173 Å². The summed E-state index contributed by atoms with van der Waals surface area (Å²) in [6.45, 7) is 4.31. The molecule has 0 saturated heterocycles. The van der Waals surface area contributed by atoms with Crippen LogP contribution in [0.3, 0.4) is 0 Å². The van der Waals surface area contributed by atoms with Crippen molar-refractivity contribution in [3.8, 4) is 0 Å². The minimum absolute atomic E-state index is 0.258. The summed E-state index contributed by atoms with van der Waals surface area (Å²) in [5.41, 5.74) is 2.26. The third-order valence-corrected chi connectivity index (χ3v) is 5.97. The van der Waals surface area contributed by atoms with Crippen molar-refractivity contribution in [3.05, 3.63) is 104 Å². The summed E-state index contributed by atoms with van der Waals surface area (Å²) >= 11 is 1.59. The maximum absolute atomic E-state index is 13.0. The van der Waals surface area contributed by atoms with E-state index in [9.17, 15) is 9.59 Å². The van der Waals surface area contributed by atoms with Crippen molar-refractivity contribution in [3.63, 3.8) is 0 Å². The minimum atomic E-state index is -0.306. The Morgan fingerprint density at radius 2 is 1.69 bits per heavy atom. The average molecular weight is 403 g/mol. The number of fused-ring (bicyclic) bond motifs is 1. The van der Waals surface area contributed by atoms with Gasteiger partial charge in [0.05, 0.1) is 6.04 Å². The van der Waals surface area contributed by atoms with E-state index in [4.69, 9.17) is 0 Å². The van der Waals surface area contributed by atoms with Gasteiger partial charge < -0.3 is 10.3 Å². The molecule has 2 N–H and O–H groups in total. The van der Waals surface area contributed by atoms with Gasteiger partial charge in [0.2, 0.25) is 0 Å². The van der Waals surface area contributed by atoms with Crippen molar-refractivity contribution in [2.75, 3.05) is 0 Å². The maximum Gasteiger partial charge on any atom is 0.268 e. The van der Waals surface area contributed by atoms with Crippen LogP contribution < -0.4 is 10.9 Å². The van der Waals surface area contributed by atoms with E-state index in [1.54, 1.807) is 23.5 Å². The molecule has 29 heavy (non-hydrogen) atoms. The van der Waals surface area contributed by atoms with Crippen LogP contribution in [0.15, 0.2) is 76.9 Å². The van der Waals surface area contributed by atoms with Gasteiger partial charge in [0.15, 0.2) is 0 Å². The number of aromatic amines is 1. The molecule has 2 aromatic carbocycles. The van der Waals surface area contributed by atoms with E-state index >= 15 is 0 Å². The molecule has 4 rings (SSSR count). The van der Waals surface area contributed by atoms with Crippen LogP contribution in [0.4, 0.5) is 0 Å². The quantitative estimate of drug-likeness (QED) is 0.480. The standard InChI is InChI=1S/C24H22N2O2S/c1-15(2)16-9-11-17(12-10-16)22(21-8-5-13-29-21)26-24(28)20-14-18-6-3-4-7-19(18)23(27)25-20/h3-15,22H,1-2H3,(H,25,27)(H,26,28). The first-order chi connectivity index (χ1) is 14.0. The van der Waals surface area contributed by atoms with E-state index in [-0.39, 0.29) is 23.2 Å². The molecule has 0 saturated carbocycles. The first-order valence-electron chi connectivity index (χ1n) is 9.59. The SMILES string of the molecule is CC(C)c1ccc(C(NC(=O)c2cc3ccccc3c(=O)[nH]2)c2cccs2)cc1. The monoisotopic (exact) mass is 402 g/mol. The van der Waals surface area contributed by atoms with E-state index < -0.39 is 0 Å². The Bertz CT molecular complexity index is 1190. The third kappa shape index (κ3) is 4.00. The molecule has 4 aromatic rings. The molecule has 1 unspecified atom stereocenters. The second-order valence-corrected chi connectivity index (χ2v) is 8.32. The lowest BCUT2D eigenvalue weighted by Gasteiger charge is -2.19. The number of hydrogen-bond acceptors (Lipinski definition) is 3. The Hall–Kier alpha value is -3.18. The molecule has 2 heterocycles. The molecule has 0 fully saturated rings. The highest BCUT2D eigenvalue weighted by Crippen LogP contribution is 2.28. The number of carbonyl (C=O) groups excluding carboxylic acids is 1. The molecule has 4 nitrogen and oxygen atoms in total. The summed E-state index contributed by atoms with van der Waals surface area (Å²) in [5.74, 6) is 0.140.